The van der Waals surface area contributed by atoms with Crippen LogP contribution in [-0.2, 0) is 33.2 Å². The van der Waals surface area contributed by atoms with Gasteiger partial charge in [-0.3, -0.25) is 4.79 Å². The summed E-state index contributed by atoms with van der Waals surface area (Å²) in [6.07, 6.45) is -10.3. The maximum Gasteiger partial charge on any atom is 0.302 e. The largest absolute Gasteiger partial charge is 0.463 e. The summed E-state index contributed by atoms with van der Waals surface area (Å²) in [6, 6.07) is 0. The van der Waals surface area contributed by atoms with E-state index in [2.05, 4.69) is 27.7 Å². The highest BCUT2D eigenvalue weighted by molar-refractivity contribution is 5.65. The van der Waals surface area contributed by atoms with E-state index in [1.54, 1.807) is 13.8 Å². The zero-order chi connectivity index (χ0) is 42.7. The van der Waals surface area contributed by atoms with Gasteiger partial charge in [-0.05, 0) is 117 Å². The van der Waals surface area contributed by atoms with Crippen molar-refractivity contribution in [2.75, 3.05) is 13.2 Å². The van der Waals surface area contributed by atoms with Gasteiger partial charge in [0.05, 0.1) is 42.2 Å². The number of ether oxygens (including phenoxy) is 6. The molecule has 0 aromatic heterocycles. The predicted molar refractivity (Wildman–Crippen MR) is 205 cm³/mol. The molecule has 0 spiro atoms. The summed E-state index contributed by atoms with van der Waals surface area (Å²) in [4.78, 5) is 11.9. The van der Waals surface area contributed by atoms with Crippen LogP contribution in [0.2, 0.25) is 0 Å². The molecule has 58 heavy (non-hydrogen) atoms. The van der Waals surface area contributed by atoms with Gasteiger partial charge in [0.1, 0.15) is 49.3 Å². The van der Waals surface area contributed by atoms with Crippen molar-refractivity contribution in [3.63, 3.8) is 0 Å². The van der Waals surface area contributed by atoms with E-state index in [9.17, 15) is 45.6 Å². The Morgan fingerprint density at radius 1 is 0.793 bits per heavy atom. The lowest BCUT2D eigenvalue weighted by Gasteiger charge is -2.72. The van der Waals surface area contributed by atoms with Gasteiger partial charge in [0.15, 0.2) is 12.6 Å². The zero-order valence-corrected chi connectivity index (χ0v) is 35.8. The van der Waals surface area contributed by atoms with Gasteiger partial charge in [-0.25, -0.2) is 0 Å². The van der Waals surface area contributed by atoms with Gasteiger partial charge in [-0.1, -0.05) is 34.6 Å². The van der Waals surface area contributed by atoms with E-state index < -0.39 is 114 Å². The number of rotatable bonds is 8. The smallest absolute Gasteiger partial charge is 0.302 e. The molecule has 7 rings (SSSR count). The van der Waals surface area contributed by atoms with Crippen LogP contribution in [0, 0.1) is 45.3 Å². The molecule has 0 unspecified atom stereocenters. The molecule has 3 heterocycles. The lowest BCUT2D eigenvalue weighted by atomic mass is 9.34. The van der Waals surface area contributed by atoms with Crippen molar-refractivity contribution in [1.82, 2.24) is 0 Å². The summed E-state index contributed by atoms with van der Waals surface area (Å²) >= 11 is 0. The average Bonchev–Trinajstić information content (AvgIpc) is 3.73. The third-order valence-electron chi connectivity index (χ3n) is 17.3. The van der Waals surface area contributed by atoms with Crippen LogP contribution >= 0.6 is 0 Å². The third kappa shape index (κ3) is 7.11. The van der Waals surface area contributed by atoms with E-state index in [0.29, 0.717) is 25.7 Å². The van der Waals surface area contributed by atoms with Gasteiger partial charge in [0, 0.05) is 6.92 Å². The number of carbonyl (C=O) groups is 1. The molecule has 0 aromatic rings. The maximum atomic E-state index is 12.4. The van der Waals surface area contributed by atoms with Crippen LogP contribution in [-0.4, -0.2) is 151 Å². The molecular weight excluding hydrogens is 756 g/mol. The van der Waals surface area contributed by atoms with Crippen molar-refractivity contribution >= 4 is 5.97 Å². The minimum Gasteiger partial charge on any atom is -0.463 e. The summed E-state index contributed by atoms with van der Waals surface area (Å²) in [5.74, 6) is -0.933. The molecule has 4 aliphatic carbocycles. The molecule has 0 radical (unpaired) electrons. The first-order valence-electron chi connectivity index (χ1n) is 21.7. The second-order valence-electron chi connectivity index (χ2n) is 21.4. The lowest BCUT2D eigenvalue weighted by Crippen LogP contribution is -2.71. The second kappa shape index (κ2) is 15.3. The van der Waals surface area contributed by atoms with Crippen molar-refractivity contribution in [2.24, 2.45) is 45.3 Å². The molecule has 334 valence electrons. The Balaban J connectivity index is 1.26. The monoisotopic (exact) mass is 828 g/mol. The highest BCUT2D eigenvalue weighted by Crippen LogP contribution is 2.76. The third-order valence-corrected chi connectivity index (χ3v) is 17.3. The Morgan fingerprint density at radius 3 is 2.12 bits per heavy atom. The fourth-order valence-corrected chi connectivity index (χ4v) is 14.1. The number of hydrogen-bond donors (Lipinski definition) is 8. The first-order chi connectivity index (χ1) is 26.8. The quantitative estimate of drug-likeness (QED) is 0.128. The molecule has 21 atom stereocenters. The zero-order valence-electron chi connectivity index (χ0n) is 35.8. The molecular formula is C43H72O15. The first kappa shape index (κ1) is 45.0. The van der Waals surface area contributed by atoms with Crippen molar-refractivity contribution in [1.29, 1.82) is 0 Å². The molecule has 0 amide bonds. The molecule has 0 aromatic carbocycles. The van der Waals surface area contributed by atoms with Crippen LogP contribution in [0.15, 0.2) is 0 Å². The van der Waals surface area contributed by atoms with Crippen LogP contribution < -0.4 is 0 Å². The summed E-state index contributed by atoms with van der Waals surface area (Å²) in [5, 5.41) is 89.4. The molecule has 0 bridgehead atoms. The van der Waals surface area contributed by atoms with Crippen LogP contribution in [0.5, 0.6) is 0 Å². The summed E-state index contributed by atoms with van der Waals surface area (Å²) in [7, 11) is 0. The van der Waals surface area contributed by atoms with Gasteiger partial charge in [0.2, 0.25) is 0 Å². The van der Waals surface area contributed by atoms with Gasteiger partial charge < -0.3 is 69.3 Å². The highest BCUT2D eigenvalue weighted by atomic mass is 16.8. The molecule has 15 heteroatoms. The number of carbonyl (C=O) groups excluding carboxylic acids is 1. The predicted octanol–water partition coefficient (Wildman–Crippen LogP) is 1.54. The molecule has 15 nitrogen and oxygen atoms in total. The summed E-state index contributed by atoms with van der Waals surface area (Å²) in [5.41, 5.74) is -3.47. The van der Waals surface area contributed by atoms with E-state index in [1.165, 1.54) is 6.92 Å². The van der Waals surface area contributed by atoms with Crippen LogP contribution in [0.3, 0.4) is 0 Å². The molecule has 3 aliphatic heterocycles. The Bertz CT molecular complexity index is 1510. The Labute approximate surface area is 342 Å². The first-order valence-corrected chi connectivity index (χ1v) is 21.7. The topological polar surface area (TPSA) is 234 Å². The van der Waals surface area contributed by atoms with Gasteiger partial charge in [-0.15, -0.1) is 0 Å². The minimum atomic E-state index is -1.71. The van der Waals surface area contributed by atoms with Crippen LogP contribution in [0.4, 0.5) is 0 Å². The van der Waals surface area contributed by atoms with E-state index in [-0.39, 0.29) is 41.8 Å². The van der Waals surface area contributed by atoms with Gasteiger partial charge in [0.25, 0.3) is 0 Å². The minimum absolute atomic E-state index is 0.0372. The van der Waals surface area contributed by atoms with E-state index in [4.69, 9.17) is 28.4 Å². The van der Waals surface area contributed by atoms with E-state index >= 15 is 0 Å². The summed E-state index contributed by atoms with van der Waals surface area (Å²) in [6.45, 7) is 17.2. The van der Waals surface area contributed by atoms with Gasteiger partial charge >= 0.3 is 5.97 Å². The molecule has 7 aliphatic rings. The number of aliphatic hydroxyl groups excluding tert-OH is 7. The fourth-order valence-electron chi connectivity index (χ4n) is 14.1. The van der Waals surface area contributed by atoms with Crippen molar-refractivity contribution in [3.8, 4) is 0 Å². The van der Waals surface area contributed by atoms with Crippen molar-refractivity contribution in [2.45, 2.75) is 205 Å². The van der Waals surface area contributed by atoms with Gasteiger partial charge in [-0.2, -0.15) is 0 Å². The normalized spacial score (nSPS) is 54.3. The number of aliphatic hydroxyl groups is 8. The Morgan fingerprint density at radius 2 is 1.48 bits per heavy atom. The Hall–Kier alpha value is -1.05. The average molecular weight is 829 g/mol. The van der Waals surface area contributed by atoms with E-state index in [0.717, 1.165) is 25.7 Å². The van der Waals surface area contributed by atoms with Crippen LogP contribution in [0.1, 0.15) is 114 Å². The molecule has 4 saturated carbocycles. The fraction of sp³-hybridized carbons (Fsp3) is 0.977. The number of hydrogen-bond acceptors (Lipinski definition) is 15. The standard InChI is InChI=1S/C43H72O15/c1-20(44)53-19-25-31(49)32(50)34(57-36-33(51)30(48)23(46)18-54-36)37(56-25)55-24-17-42(8)26(40(6)13-11-27(47)38(2,3)35(24)40)16-22(45)29-21(10-14-41(29,42)7)43(9)15-12-28(58-43)39(4,5)52/h21-37,45-52H,10-19H2,1-9H3/t21-,22+,23+,24-,25-,26+,27-,28-,29+,30+,31+,32-,33-,34-,35+,36-,37-,40-,41+,42-,43+/m0/s1. The van der Waals surface area contributed by atoms with E-state index in [1.807, 2.05) is 13.8 Å². The molecule has 7 fully saturated rings. The number of esters is 1. The number of fused-ring (bicyclic) bond motifs is 5. The van der Waals surface area contributed by atoms with Crippen molar-refractivity contribution < 1.29 is 74.1 Å². The second-order valence-corrected chi connectivity index (χ2v) is 21.4. The summed E-state index contributed by atoms with van der Waals surface area (Å²) < 4.78 is 37.2. The highest BCUT2D eigenvalue weighted by Gasteiger charge is 2.74. The molecule has 8 N–H and O–H groups in total. The van der Waals surface area contributed by atoms with Crippen LogP contribution in [0.25, 0.3) is 0 Å². The Kier molecular flexibility index (Phi) is 11.9. The maximum absolute atomic E-state index is 12.4. The lowest BCUT2D eigenvalue weighted by molar-refractivity contribution is -0.377. The SMILES string of the molecule is CC(=O)OC[C@@H]1O[C@H](O[C@H]2C[C@@]3(C)[C@H](C[C@@H](O)[C@H]4[C@@H]([C@@]5(C)CC[C@@H](C(C)(C)O)O5)CC[C@]43C)[C@]3(C)CC[C@H](O)C(C)(C)[C@@H]23)[C@@H](O[C@@H]2OC[C@@H](O)[C@@H](O)[C@@H]2O)[C@@H](O)[C@@H]1O. The molecule has 3 saturated heterocycles. The van der Waals surface area contributed by atoms with Crippen molar-refractivity contribution in [3.05, 3.63) is 0 Å².